The highest BCUT2D eigenvalue weighted by atomic mass is 32.2. The van der Waals surface area contributed by atoms with Crippen LogP contribution in [0.15, 0.2) is 64.7 Å². The Hall–Kier alpha value is -3.39. The number of anilines is 1. The molecular weight excluding hydrogens is 530 g/mol. The third-order valence-corrected chi connectivity index (χ3v) is 9.31. The van der Waals surface area contributed by atoms with Crippen LogP contribution >= 0.6 is 11.8 Å². The lowest BCUT2D eigenvalue weighted by Gasteiger charge is -2.41. The van der Waals surface area contributed by atoms with Gasteiger partial charge < -0.3 is 24.8 Å². The number of nitrogens with zero attached hydrogens (tertiary/aromatic N) is 4. The number of hydrogen-bond acceptors (Lipinski definition) is 7. The number of likely N-dealkylation sites (N-methyl/N-ethyl adjacent to an activating group) is 2. The third kappa shape index (κ3) is 5.98. The normalized spacial score (nSPS) is 22.5. The van der Waals surface area contributed by atoms with Crippen LogP contribution in [0.3, 0.4) is 0 Å². The molecule has 1 amide bonds. The first-order valence-corrected chi connectivity index (χ1v) is 15.7. The van der Waals surface area contributed by atoms with Crippen molar-refractivity contribution in [2.75, 3.05) is 58.5 Å². The van der Waals surface area contributed by atoms with Crippen molar-refractivity contribution in [3.8, 4) is 5.75 Å². The number of pyridine rings is 1. The number of piperidine rings is 1. The van der Waals surface area contributed by atoms with Gasteiger partial charge in [0.15, 0.2) is 0 Å². The molecule has 1 aromatic heterocycles. The van der Waals surface area contributed by atoms with E-state index in [1.807, 2.05) is 25.3 Å². The lowest BCUT2D eigenvalue weighted by atomic mass is 9.92. The minimum absolute atomic E-state index is 0.0935. The average Bonchev–Trinajstić information content (AvgIpc) is 2.95. The predicted molar refractivity (Wildman–Crippen MR) is 170 cm³/mol. The number of rotatable bonds is 7. The summed E-state index contributed by atoms with van der Waals surface area (Å²) in [6, 6.07) is 10.3. The molecule has 7 nitrogen and oxygen atoms in total. The molecule has 3 unspecified atom stereocenters. The van der Waals surface area contributed by atoms with E-state index in [1.54, 1.807) is 18.9 Å². The molecule has 8 heteroatoms. The standard InChI is InChI=1S/C33H43N5O2S/c1-21-15-22(2)19-38(18-21)31-10-8-9-27(35-31)28-13-11-24-20-36(4)25(16-29(24)37(28)5)17-34-33(39)26-12-14-30(41-7)32(40-6)23(26)3/h8-14,16,21-22,29H,15,17-20H2,1-7H3,(H,34,39). The maximum atomic E-state index is 13.2. The van der Waals surface area contributed by atoms with Gasteiger partial charge in [-0.3, -0.25) is 4.79 Å². The lowest BCUT2D eigenvalue weighted by Crippen LogP contribution is -2.43. The molecule has 0 saturated carbocycles. The number of allylic oxidation sites excluding steroid dienone is 2. The number of methoxy groups -OCH3 is 1. The van der Waals surface area contributed by atoms with Gasteiger partial charge in [-0.2, -0.15) is 0 Å². The van der Waals surface area contributed by atoms with Crippen molar-refractivity contribution in [2.45, 2.75) is 38.1 Å². The van der Waals surface area contributed by atoms with Crippen LogP contribution in [-0.2, 0) is 0 Å². The van der Waals surface area contributed by atoms with Gasteiger partial charge in [-0.15, -0.1) is 11.8 Å². The monoisotopic (exact) mass is 573 g/mol. The Morgan fingerprint density at radius 2 is 1.88 bits per heavy atom. The van der Waals surface area contributed by atoms with Crippen LogP contribution in [0.5, 0.6) is 5.75 Å². The number of aromatic nitrogens is 1. The number of nitrogens with one attached hydrogen (secondary N) is 1. The molecular formula is C33H43N5O2S. The maximum Gasteiger partial charge on any atom is 0.252 e. The molecule has 3 aliphatic rings. The van der Waals surface area contributed by atoms with Crippen LogP contribution in [0.1, 0.15) is 41.9 Å². The van der Waals surface area contributed by atoms with Crippen molar-refractivity contribution in [1.29, 1.82) is 0 Å². The van der Waals surface area contributed by atoms with Gasteiger partial charge in [0, 0.05) is 55.4 Å². The molecule has 5 rings (SSSR count). The summed E-state index contributed by atoms with van der Waals surface area (Å²) >= 11 is 1.61. The van der Waals surface area contributed by atoms with Crippen molar-refractivity contribution >= 4 is 29.2 Å². The predicted octanol–water partition coefficient (Wildman–Crippen LogP) is 5.44. The Balaban J connectivity index is 1.32. The molecule has 1 fully saturated rings. The van der Waals surface area contributed by atoms with Gasteiger partial charge in [0.05, 0.1) is 31.1 Å². The SMILES string of the molecule is COc1c(SC)ccc(C(=O)NCC2=CC3C(=CC=C(c4cccc(N5CC(C)CC(C)C5)n4)N3C)CN2C)c1C. The topological polar surface area (TPSA) is 60.9 Å². The quantitative estimate of drug-likeness (QED) is 0.443. The van der Waals surface area contributed by atoms with Crippen molar-refractivity contribution < 1.29 is 9.53 Å². The lowest BCUT2D eigenvalue weighted by molar-refractivity contribution is 0.0953. The Kier molecular flexibility index (Phi) is 8.68. The zero-order valence-electron chi connectivity index (χ0n) is 25.4. The second-order valence-electron chi connectivity index (χ2n) is 11.8. The molecule has 41 heavy (non-hydrogen) atoms. The number of amides is 1. The molecule has 1 aromatic carbocycles. The van der Waals surface area contributed by atoms with Gasteiger partial charge >= 0.3 is 0 Å². The van der Waals surface area contributed by atoms with Gasteiger partial charge in [0.25, 0.3) is 5.91 Å². The summed E-state index contributed by atoms with van der Waals surface area (Å²) in [5.74, 6) is 3.08. The van der Waals surface area contributed by atoms with Gasteiger partial charge in [-0.25, -0.2) is 4.98 Å². The number of thioether (sulfide) groups is 1. The number of carbonyl (C=O) groups is 1. The molecule has 0 spiro atoms. The molecule has 0 aliphatic carbocycles. The molecule has 3 atom stereocenters. The highest BCUT2D eigenvalue weighted by Gasteiger charge is 2.30. The van der Waals surface area contributed by atoms with E-state index in [-0.39, 0.29) is 11.9 Å². The highest BCUT2D eigenvalue weighted by molar-refractivity contribution is 7.98. The summed E-state index contributed by atoms with van der Waals surface area (Å²) in [5.41, 5.74) is 6.03. The smallest absolute Gasteiger partial charge is 0.252 e. The van der Waals surface area contributed by atoms with Gasteiger partial charge in [-0.1, -0.05) is 26.0 Å². The van der Waals surface area contributed by atoms with E-state index in [0.717, 1.165) is 58.7 Å². The largest absolute Gasteiger partial charge is 0.495 e. The molecule has 0 radical (unpaired) electrons. The fourth-order valence-corrected chi connectivity index (χ4v) is 7.12. The number of fused-ring (bicyclic) bond motifs is 1. The van der Waals surface area contributed by atoms with Crippen LogP contribution in [0, 0.1) is 18.8 Å². The van der Waals surface area contributed by atoms with Gasteiger partial charge in [0.1, 0.15) is 11.6 Å². The molecule has 0 bridgehead atoms. The van der Waals surface area contributed by atoms with Crippen LogP contribution in [0.2, 0.25) is 0 Å². The molecule has 4 heterocycles. The van der Waals surface area contributed by atoms with Crippen LogP contribution in [0.25, 0.3) is 5.70 Å². The first-order chi connectivity index (χ1) is 19.7. The van der Waals surface area contributed by atoms with E-state index in [1.165, 1.54) is 12.0 Å². The summed E-state index contributed by atoms with van der Waals surface area (Å²) in [5, 5.41) is 3.15. The summed E-state index contributed by atoms with van der Waals surface area (Å²) in [6.07, 6.45) is 10.00. The fourth-order valence-electron chi connectivity index (χ4n) is 6.50. The number of hydrogen-bond donors (Lipinski definition) is 1. The summed E-state index contributed by atoms with van der Waals surface area (Å²) in [6.45, 7) is 9.99. The molecule has 1 saturated heterocycles. The van der Waals surface area contributed by atoms with E-state index >= 15 is 0 Å². The van der Waals surface area contributed by atoms with Gasteiger partial charge in [0.2, 0.25) is 0 Å². The van der Waals surface area contributed by atoms with Crippen molar-refractivity contribution in [3.05, 3.63) is 76.7 Å². The molecule has 2 aromatic rings. The Morgan fingerprint density at radius 1 is 1.12 bits per heavy atom. The Bertz CT molecular complexity index is 1390. The zero-order valence-corrected chi connectivity index (χ0v) is 26.2. The van der Waals surface area contributed by atoms with Gasteiger partial charge in [-0.05, 0) is 73.4 Å². The fraction of sp³-hybridized carbons (Fsp3) is 0.455. The first kappa shape index (κ1) is 29.1. The van der Waals surface area contributed by atoms with E-state index in [0.29, 0.717) is 23.9 Å². The van der Waals surface area contributed by atoms with E-state index in [4.69, 9.17) is 9.72 Å². The summed E-state index contributed by atoms with van der Waals surface area (Å²) < 4.78 is 5.59. The van der Waals surface area contributed by atoms with Crippen molar-refractivity contribution in [1.82, 2.24) is 20.1 Å². The summed E-state index contributed by atoms with van der Waals surface area (Å²) in [7, 11) is 5.88. The number of carbonyl (C=O) groups excluding carboxylic acids is 1. The van der Waals surface area contributed by atoms with Crippen LogP contribution in [0.4, 0.5) is 5.82 Å². The Morgan fingerprint density at radius 3 is 2.59 bits per heavy atom. The molecule has 218 valence electrons. The highest BCUT2D eigenvalue weighted by Crippen LogP contribution is 2.34. The third-order valence-electron chi connectivity index (χ3n) is 8.55. The zero-order chi connectivity index (χ0) is 29.3. The summed E-state index contributed by atoms with van der Waals surface area (Å²) in [4.78, 5) is 26.3. The minimum atomic E-state index is -0.0935. The average molecular weight is 574 g/mol. The molecule has 1 N–H and O–H groups in total. The van der Waals surface area contributed by atoms with E-state index in [9.17, 15) is 4.79 Å². The maximum absolute atomic E-state index is 13.2. The first-order valence-electron chi connectivity index (χ1n) is 14.5. The van der Waals surface area contributed by atoms with Crippen molar-refractivity contribution in [3.63, 3.8) is 0 Å². The van der Waals surface area contributed by atoms with E-state index in [2.05, 4.69) is 84.4 Å². The van der Waals surface area contributed by atoms with E-state index < -0.39 is 0 Å². The van der Waals surface area contributed by atoms with Crippen LogP contribution < -0.4 is 15.0 Å². The van der Waals surface area contributed by atoms with Crippen molar-refractivity contribution in [2.24, 2.45) is 11.8 Å². The second kappa shape index (κ2) is 12.2. The minimum Gasteiger partial charge on any atom is -0.495 e. The Labute approximate surface area is 249 Å². The van der Waals surface area contributed by atoms with Crippen LogP contribution in [-0.4, -0.2) is 80.4 Å². The number of ether oxygens (including phenoxy) is 1. The number of benzene rings is 1. The molecule has 3 aliphatic heterocycles. The second-order valence-corrected chi connectivity index (χ2v) is 12.6.